The number of carbonyl (C=O) groups is 3. The van der Waals surface area contributed by atoms with E-state index in [0.717, 1.165) is 0 Å². The number of nitrogens with zero attached hydrogens (tertiary/aromatic N) is 2. The lowest BCUT2D eigenvalue weighted by Crippen LogP contribution is -2.29. The number of halogens is 1. The third-order valence-electron chi connectivity index (χ3n) is 5.97. The lowest BCUT2D eigenvalue weighted by Gasteiger charge is -2.25. The van der Waals surface area contributed by atoms with Gasteiger partial charge in [-0.2, -0.15) is 0 Å². The highest BCUT2D eigenvalue weighted by molar-refractivity contribution is 6.51. The van der Waals surface area contributed by atoms with Crippen LogP contribution in [0.5, 0.6) is 11.5 Å². The van der Waals surface area contributed by atoms with Gasteiger partial charge in [-0.05, 0) is 42.3 Å². The van der Waals surface area contributed by atoms with Crippen molar-refractivity contribution in [3.05, 3.63) is 88.2 Å². The van der Waals surface area contributed by atoms with Gasteiger partial charge in [0.2, 0.25) is 0 Å². The number of anilines is 1. The standard InChI is InChI=1S/C28H25ClN2O7/c1-4-11-38-28(35)16-7-5-9-18(12-16)31-24(17-8-6-10-30-15-17)23(26(33)27(31)34)25(32)19-13-22(37-3)20(29)14-21(19)36-2/h5-10,12-15,24,32H,4,11H2,1-3H3/b25-23+. The lowest BCUT2D eigenvalue weighted by molar-refractivity contribution is -0.132. The SMILES string of the molecule is CCCOC(=O)c1cccc(N2C(=O)C(=O)/C(=C(/O)c3cc(OC)c(Cl)cc3OC)C2c2cccnc2)c1. The number of Topliss-reactive ketones (excluding diaryl/α,β-unsaturated/α-hetero) is 1. The molecule has 0 spiro atoms. The summed E-state index contributed by atoms with van der Waals surface area (Å²) in [6, 6.07) is 11.4. The summed E-state index contributed by atoms with van der Waals surface area (Å²) in [6.07, 6.45) is 3.70. The molecule has 0 radical (unpaired) electrons. The third-order valence-corrected chi connectivity index (χ3v) is 6.27. The van der Waals surface area contributed by atoms with E-state index in [2.05, 4.69) is 4.98 Å². The molecule has 1 aromatic heterocycles. The van der Waals surface area contributed by atoms with Crippen molar-refractivity contribution in [1.29, 1.82) is 0 Å². The van der Waals surface area contributed by atoms with Crippen molar-refractivity contribution in [1.82, 2.24) is 4.98 Å². The molecule has 1 N–H and O–H groups in total. The lowest BCUT2D eigenvalue weighted by atomic mass is 9.95. The maximum atomic E-state index is 13.4. The van der Waals surface area contributed by atoms with E-state index in [1.54, 1.807) is 36.5 Å². The summed E-state index contributed by atoms with van der Waals surface area (Å²) >= 11 is 6.22. The van der Waals surface area contributed by atoms with Gasteiger partial charge in [0.05, 0.1) is 48.6 Å². The minimum Gasteiger partial charge on any atom is -0.507 e. The summed E-state index contributed by atoms with van der Waals surface area (Å²) in [5.41, 5.74) is 0.868. The average molecular weight is 537 g/mol. The molecule has 2 heterocycles. The fourth-order valence-electron chi connectivity index (χ4n) is 4.20. The van der Waals surface area contributed by atoms with Crippen LogP contribution in [0.4, 0.5) is 5.69 Å². The molecular weight excluding hydrogens is 512 g/mol. The number of aromatic nitrogens is 1. The van der Waals surface area contributed by atoms with Crippen LogP contribution in [0.15, 0.2) is 66.5 Å². The Balaban J connectivity index is 1.92. The topological polar surface area (TPSA) is 115 Å². The van der Waals surface area contributed by atoms with Crippen molar-refractivity contribution in [2.75, 3.05) is 25.7 Å². The van der Waals surface area contributed by atoms with Gasteiger partial charge >= 0.3 is 5.97 Å². The molecule has 0 bridgehead atoms. The first-order valence-electron chi connectivity index (χ1n) is 11.7. The van der Waals surface area contributed by atoms with E-state index in [0.29, 0.717) is 12.0 Å². The van der Waals surface area contributed by atoms with Crippen LogP contribution in [-0.4, -0.2) is 48.6 Å². The fourth-order valence-corrected chi connectivity index (χ4v) is 4.43. The summed E-state index contributed by atoms with van der Waals surface area (Å²) in [7, 11) is 2.79. The fraction of sp³-hybridized carbons (Fsp3) is 0.214. The first-order chi connectivity index (χ1) is 18.3. The van der Waals surface area contributed by atoms with Gasteiger partial charge in [0.25, 0.3) is 11.7 Å². The van der Waals surface area contributed by atoms with E-state index in [9.17, 15) is 19.5 Å². The first-order valence-corrected chi connectivity index (χ1v) is 12.1. The molecule has 1 aliphatic rings. The van der Waals surface area contributed by atoms with Crippen LogP contribution < -0.4 is 14.4 Å². The van der Waals surface area contributed by atoms with E-state index in [4.69, 9.17) is 25.8 Å². The summed E-state index contributed by atoms with van der Waals surface area (Å²) in [6.45, 7) is 2.12. The van der Waals surface area contributed by atoms with E-state index in [1.807, 2.05) is 6.92 Å². The number of ketones is 1. The zero-order chi connectivity index (χ0) is 27.4. The number of rotatable bonds is 8. The van der Waals surface area contributed by atoms with E-state index in [-0.39, 0.29) is 45.5 Å². The third kappa shape index (κ3) is 4.92. The number of hydrogen-bond acceptors (Lipinski definition) is 8. The number of pyridine rings is 1. The Kier molecular flexibility index (Phi) is 7.97. The molecule has 10 heteroatoms. The number of hydrogen-bond donors (Lipinski definition) is 1. The molecule has 1 atom stereocenters. The maximum absolute atomic E-state index is 13.4. The van der Waals surface area contributed by atoms with Gasteiger partial charge in [0, 0.05) is 24.1 Å². The molecule has 1 saturated heterocycles. The summed E-state index contributed by atoms with van der Waals surface area (Å²) in [4.78, 5) is 44.7. The van der Waals surface area contributed by atoms with Crippen molar-refractivity contribution in [3.8, 4) is 11.5 Å². The molecule has 0 saturated carbocycles. The quantitative estimate of drug-likeness (QED) is 0.186. The molecule has 38 heavy (non-hydrogen) atoms. The molecule has 0 aliphatic carbocycles. The second kappa shape index (κ2) is 11.4. The van der Waals surface area contributed by atoms with E-state index < -0.39 is 29.5 Å². The van der Waals surface area contributed by atoms with Gasteiger partial charge in [-0.15, -0.1) is 0 Å². The summed E-state index contributed by atoms with van der Waals surface area (Å²) in [5, 5.41) is 11.7. The van der Waals surface area contributed by atoms with Crippen LogP contribution in [-0.2, 0) is 14.3 Å². The van der Waals surface area contributed by atoms with Gasteiger partial charge in [0.1, 0.15) is 17.3 Å². The van der Waals surface area contributed by atoms with Gasteiger partial charge in [-0.3, -0.25) is 19.5 Å². The van der Waals surface area contributed by atoms with Crippen molar-refractivity contribution in [2.24, 2.45) is 0 Å². The molecule has 1 amide bonds. The molecule has 4 rings (SSSR count). The highest BCUT2D eigenvalue weighted by Crippen LogP contribution is 2.44. The molecule has 1 unspecified atom stereocenters. The molecule has 3 aromatic rings. The van der Waals surface area contributed by atoms with E-state index >= 15 is 0 Å². The largest absolute Gasteiger partial charge is 0.507 e. The maximum Gasteiger partial charge on any atom is 0.338 e. The number of amides is 1. The second-order valence-corrected chi connectivity index (χ2v) is 8.74. The average Bonchev–Trinajstić information content (AvgIpc) is 3.21. The zero-order valence-electron chi connectivity index (χ0n) is 20.9. The predicted octanol–water partition coefficient (Wildman–Crippen LogP) is 4.95. The van der Waals surface area contributed by atoms with Crippen LogP contribution in [0.3, 0.4) is 0 Å². The molecular formula is C28H25ClN2O7. The normalized spacial score (nSPS) is 16.4. The highest BCUT2D eigenvalue weighted by atomic mass is 35.5. The Morgan fingerprint density at radius 3 is 2.50 bits per heavy atom. The van der Waals surface area contributed by atoms with Crippen LogP contribution in [0.25, 0.3) is 5.76 Å². The molecule has 2 aromatic carbocycles. The van der Waals surface area contributed by atoms with Gasteiger partial charge < -0.3 is 19.3 Å². The number of benzene rings is 2. The first kappa shape index (κ1) is 26.7. The van der Waals surface area contributed by atoms with Gasteiger partial charge in [-0.25, -0.2) is 4.79 Å². The molecule has 9 nitrogen and oxygen atoms in total. The number of methoxy groups -OCH3 is 2. The Bertz CT molecular complexity index is 1420. The van der Waals surface area contributed by atoms with Crippen LogP contribution in [0.1, 0.15) is 40.9 Å². The van der Waals surface area contributed by atoms with Crippen LogP contribution >= 0.6 is 11.6 Å². The van der Waals surface area contributed by atoms with Crippen molar-refractivity contribution in [2.45, 2.75) is 19.4 Å². The number of aliphatic hydroxyl groups is 1. The monoisotopic (exact) mass is 536 g/mol. The summed E-state index contributed by atoms with van der Waals surface area (Å²) in [5.74, 6) is -2.44. The number of ether oxygens (including phenoxy) is 3. The molecule has 1 aliphatic heterocycles. The predicted molar refractivity (Wildman–Crippen MR) is 141 cm³/mol. The van der Waals surface area contributed by atoms with Crippen molar-refractivity contribution in [3.63, 3.8) is 0 Å². The second-order valence-electron chi connectivity index (χ2n) is 8.33. The van der Waals surface area contributed by atoms with Crippen LogP contribution in [0.2, 0.25) is 5.02 Å². The Hall–Kier alpha value is -4.37. The smallest absolute Gasteiger partial charge is 0.338 e. The number of carbonyl (C=O) groups excluding carboxylic acids is 3. The Labute approximate surface area is 224 Å². The molecule has 1 fully saturated rings. The minimum atomic E-state index is -1.06. The Morgan fingerprint density at radius 2 is 1.84 bits per heavy atom. The highest BCUT2D eigenvalue weighted by Gasteiger charge is 2.47. The summed E-state index contributed by atoms with van der Waals surface area (Å²) < 4.78 is 15.9. The minimum absolute atomic E-state index is 0.109. The number of aliphatic hydroxyl groups excluding tert-OH is 1. The molecule has 196 valence electrons. The van der Waals surface area contributed by atoms with Crippen molar-refractivity contribution >= 4 is 40.7 Å². The zero-order valence-corrected chi connectivity index (χ0v) is 21.7. The van der Waals surface area contributed by atoms with Gasteiger partial charge in [-0.1, -0.05) is 30.7 Å². The van der Waals surface area contributed by atoms with Crippen LogP contribution in [0, 0.1) is 0 Å². The Morgan fingerprint density at radius 1 is 1.08 bits per heavy atom. The van der Waals surface area contributed by atoms with Gasteiger partial charge in [0.15, 0.2) is 0 Å². The number of esters is 1. The van der Waals surface area contributed by atoms with Crippen molar-refractivity contribution < 1.29 is 33.7 Å². The van der Waals surface area contributed by atoms with E-state index in [1.165, 1.54) is 43.5 Å².